The van der Waals surface area contributed by atoms with E-state index in [4.69, 9.17) is 14.2 Å². The van der Waals surface area contributed by atoms with Crippen molar-refractivity contribution in [3.63, 3.8) is 0 Å². The van der Waals surface area contributed by atoms with Crippen LogP contribution in [-0.4, -0.2) is 36.6 Å². The van der Waals surface area contributed by atoms with Gasteiger partial charge in [0.05, 0.1) is 32.7 Å². The third-order valence-corrected chi connectivity index (χ3v) is 5.84. The van der Waals surface area contributed by atoms with E-state index < -0.39 is 17.3 Å². The van der Waals surface area contributed by atoms with Gasteiger partial charge in [-0.05, 0) is 67.4 Å². The van der Waals surface area contributed by atoms with Crippen molar-refractivity contribution in [1.82, 2.24) is 15.6 Å². The van der Waals surface area contributed by atoms with E-state index in [9.17, 15) is 22.8 Å². The summed E-state index contributed by atoms with van der Waals surface area (Å²) in [6.07, 6.45) is -2.36. The second kappa shape index (κ2) is 10.4. The van der Waals surface area contributed by atoms with Crippen LogP contribution in [0.25, 0.3) is 0 Å². The first kappa shape index (κ1) is 25.8. The molecule has 0 spiro atoms. The molecule has 1 aromatic heterocycles. The number of pyridine rings is 1. The first-order valence-electron chi connectivity index (χ1n) is 11.3. The van der Waals surface area contributed by atoms with Gasteiger partial charge in [-0.1, -0.05) is 0 Å². The molecule has 37 heavy (non-hydrogen) atoms. The maximum atomic E-state index is 13.4. The smallest absolute Gasteiger partial charge is 0.420 e. The summed E-state index contributed by atoms with van der Waals surface area (Å²) in [5.74, 6) is -0.339. The number of nitrogens with zero attached hydrogens (tertiary/aromatic N) is 1. The van der Waals surface area contributed by atoms with Crippen molar-refractivity contribution in [3.05, 3.63) is 77.6 Å². The van der Waals surface area contributed by atoms with E-state index in [0.29, 0.717) is 29.8 Å². The molecule has 8 nitrogen and oxygen atoms in total. The van der Waals surface area contributed by atoms with Gasteiger partial charge in [0.2, 0.25) is 5.91 Å². The Hall–Kier alpha value is -4.28. The van der Waals surface area contributed by atoms with Crippen molar-refractivity contribution in [3.8, 4) is 23.0 Å². The number of alkyl halides is 3. The van der Waals surface area contributed by atoms with E-state index in [1.54, 1.807) is 24.3 Å². The summed E-state index contributed by atoms with van der Waals surface area (Å²) in [6.45, 7) is 0.0651. The van der Waals surface area contributed by atoms with Crippen molar-refractivity contribution in [2.24, 2.45) is 0 Å². The molecule has 11 heteroatoms. The quantitative estimate of drug-likeness (QED) is 0.436. The highest BCUT2D eigenvalue weighted by atomic mass is 19.4. The number of amides is 2. The molecule has 0 atom stereocenters. The van der Waals surface area contributed by atoms with Crippen LogP contribution in [0.15, 0.2) is 60.8 Å². The summed E-state index contributed by atoms with van der Waals surface area (Å²) >= 11 is 0. The van der Waals surface area contributed by atoms with E-state index in [2.05, 4.69) is 15.6 Å². The summed E-state index contributed by atoms with van der Waals surface area (Å²) in [7, 11) is 2.80. The second-order valence-corrected chi connectivity index (χ2v) is 8.39. The molecular weight excluding hydrogens is 491 g/mol. The number of hydrogen-bond donors (Lipinski definition) is 2. The van der Waals surface area contributed by atoms with Crippen LogP contribution in [-0.2, 0) is 17.5 Å². The third-order valence-electron chi connectivity index (χ3n) is 5.84. The average molecular weight is 515 g/mol. The Labute approximate surface area is 210 Å². The maximum absolute atomic E-state index is 13.4. The lowest BCUT2D eigenvalue weighted by Crippen LogP contribution is -2.48. The van der Waals surface area contributed by atoms with Gasteiger partial charge >= 0.3 is 6.18 Å². The monoisotopic (exact) mass is 515 g/mol. The fraction of sp³-hybridized carbons (Fsp3) is 0.269. The normalized spacial score (nSPS) is 13.9. The van der Waals surface area contributed by atoms with Crippen LogP contribution in [0.5, 0.6) is 23.0 Å². The van der Waals surface area contributed by atoms with Gasteiger partial charge in [-0.2, -0.15) is 13.2 Å². The Kier molecular flexibility index (Phi) is 7.23. The predicted octanol–water partition coefficient (Wildman–Crippen LogP) is 4.49. The molecule has 0 bridgehead atoms. The second-order valence-electron chi connectivity index (χ2n) is 8.39. The van der Waals surface area contributed by atoms with Crippen molar-refractivity contribution < 1.29 is 37.0 Å². The van der Waals surface area contributed by atoms with Crippen LogP contribution >= 0.6 is 0 Å². The number of ether oxygens (including phenoxy) is 3. The van der Waals surface area contributed by atoms with Crippen LogP contribution in [0.1, 0.15) is 34.5 Å². The highest BCUT2D eigenvalue weighted by Crippen LogP contribution is 2.40. The molecule has 1 aliphatic rings. The van der Waals surface area contributed by atoms with E-state index in [1.165, 1.54) is 44.7 Å². The average Bonchev–Trinajstić information content (AvgIpc) is 3.68. The van der Waals surface area contributed by atoms with Gasteiger partial charge in [0.15, 0.2) is 0 Å². The Morgan fingerprint density at radius 2 is 1.59 bits per heavy atom. The molecule has 0 aliphatic heterocycles. The van der Waals surface area contributed by atoms with E-state index in [0.717, 1.165) is 6.07 Å². The minimum absolute atomic E-state index is 0.0533. The number of rotatable bonds is 9. The van der Waals surface area contributed by atoms with Crippen LogP contribution in [0.2, 0.25) is 0 Å². The zero-order chi connectivity index (χ0) is 26.6. The number of aromatic nitrogens is 1. The van der Waals surface area contributed by atoms with E-state index in [1.807, 2.05) is 0 Å². The number of benzene rings is 2. The third kappa shape index (κ3) is 6.11. The van der Waals surface area contributed by atoms with E-state index in [-0.39, 0.29) is 35.6 Å². The van der Waals surface area contributed by atoms with Gasteiger partial charge in [0, 0.05) is 5.56 Å². The molecule has 3 aromatic rings. The predicted molar refractivity (Wildman–Crippen MR) is 127 cm³/mol. The first-order valence-corrected chi connectivity index (χ1v) is 11.3. The van der Waals surface area contributed by atoms with Crippen LogP contribution in [0.3, 0.4) is 0 Å². The topological polar surface area (TPSA) is 98.8 Å². The number of methoxy groups -OCH3 is 2. The Bertz CT molecular complexity index is 1270. The molecule has 194 valence electrons. The van der Waals surface area contributed by atoms with Crippen molar-refractivity contribution in [2.45, 2.75) is 31.1 Å². The number of hydrogen-bond acceptors (Lipinski definition) is 6. The molecule has 2 aromatic carbocycles. The molecule has 2 amide bonds. The molecule has 2 N–H and O–H groups in total. The molecule has 1 saturated carbocycles. The Morgan fingerprint density at radius 1 is 0.946 bits per heavy atom. The molecule has 1 heterocycles. The molecule has 1 aliphatic carbocycles. The number of nitrogens with one attached hydrogen (secondary N) is 2. The van der Waals surface area contributed by atoms with Gasteiger partial charge in [0.25, 0.3) is 5.91 Å². The minimum Gasteiger partial charge on any atom is -0.497 e. The summed E-state index contributed by atoms with van der Waals surface area (Å²) in [5.41, 5.74) is -1.09. The molecule has 4 rings (SSSR count). The van der Waals surface area contributed by atoms with Crippen molar-refractivity contribution in [2.75, 3.05) is 14.2 Å². The fourth-order valence-electron chi connectivity index (χ4n) is 3.56. The fourth-order valence-corrected chi connectivity index (χ4v) is 3.56. The lowest BCUT2D eigenvalue weighted by atomic mass is 10.1. The molecule has 1 fully saturated rings. The number of carbonyl (C=O) groups excluding carboxylic acids is 2. The van der Waals surface area contributed by atoms with Crippen LogP contribution in [0.4, 0.5) is 13.2 Å². The highest BCUT2D eigenvalue weighted by molar-refractivity contribution is 6.00. The van der Waals surface area contributed by atoms with Gasteiger partial charge in [-0.25, -0.2) is 0 Å². The SMILES string of the molecule is COc1ccc(C(=O)NC2(C(=O)NCc3ccc(Oc4ccc(OC)cc4C(F)(F)F)cn3)CC2)cc1. The summed E-state index contributed by atoms with van der Waals surface area (Å²) in [6, 6.07) is 12.9. The summed E-state index contributed by atoms with van der Waals surface area (Å²) in [5, 5.41) is 5.53. The van der Waals surface area contributed by atoms with Crippen LogP contribution < -0.4 is 24.8 Å². The summed E-state index contributed by atoms with van der Waals surface area (Å²) < 4.78 is 55.5. The lowest BCUT2D eigenvalue weighted by Gasteiger charge is -2.17. The zero-order valence-corrected chi connectivity index (χ0v) is 20.0. The van der Waals surface area contributed by atoms with Gasteiger partial charge < -0.3 is 24.8 Å². The maximum Gasteiger partial charge on any atom is 0.420 e. The lowest BCUT2D eigenvalue weighted by molar-refractivity contribution is -0.138. The van der Waals surface area contributed by atoms with Gasteiger partial charge in [-0.15, -0.1) is 0 Å². The van der Waals surface area contributed by atoms with Crippen molar-refractivity contribution >= 4 is 11.8 Å². The number of carbonyl (C=O) groups is 2. The largest absolute Gasteiger partial charge is 0.497 e. The first-order chi connectivity index (χ1) is 17.6. The van der Waals surface area contributed by atoms with Gasteiger partial charge in [-0.3, -0.25) is 14.6 Å². The number of halogens is 3. The molecule has 0 saturated heterocycles. The molecule has 0 radical (unpaired) electrons. The Balaban J connectivity index is 1.34. The minimum atomic E-state index is -4.64. The highest BCUT2D eigenvalue weighted by Gasteiger charge is 2.51. The molecule has 0 unspecified atom stereocenters. The summed E-state index contributed by atoms with van der Waals surface area (Å²) in [4.78, 5) is 29.5. The van der Waals surface area contributed by atoms with Gasteiger partial charge in [0.1, 0.15) is 34.1 Å². The Morgan fingerprint density at radius 3 is 2.16 bits per heavy atom. The standard InChI is InChI=1S/C26H24F3N3O5/c1-35-18-6-3-16(4-7-18)23(33)32-25(11-12-25)24(34)31-14-17-5-8-20(15-30-17)37-22-10-9-19(36-2)13-21(22)26(27,28)29/h3-10,13,15H,11-12,14H2,1-2H3,(H,31,34)(H,32,33). The van der Waals surface area contributed by atoms with Crippen LogP contribution in [0, 0.1) is 0 Å². The molecular formula is C26H24F3N3O5. The van der Waals surface area contributed by atoms with Crippen molar-refractivity contribution in [1.29, 1.82) is 0 Å². The zero-order valence-electron chi connectivity index (χ0n) is 20.0. The van der Waals surface area contributed by atoms with E-state index >= 15 is 0 Å².